The van der Waals surface area contributed by atoms with Crippen LogP contribution in [0.15, 0.2) is 101 Å². The van der Waals surface area contributed by atoms with Gasteiger partial charge in [-0.1, -0.05) is 61.9 Å². The van der Waals surface area contributed by atoms with Gasteiger partial charge < -0.3 is 4.74 Å². The molecule has 0 spiro atoms. The summed E-state index contributed by atoms with van der Waals surface area (Å²) in [7, 11) is -4.94. The van der Waals surface area contributed by atoms with E-state index in [1.54, 1.807) is 0 Å². The summed E-state index contributed by atoms with van der Waals surface area (Å²) >= 11 is 0. The molecular weight excluding hydrogens is 456 g/mol. The van der Waals surface area contributed by atoms with Gasteiger partial charge in [0.25, 0.3) is 0 Å². The van der Waals surface area contributed by atoms with E-state index in [1.807, 2.05) is 48.5 Å². The fourth-order valence-electron chi connectivity index (χ4n) is 3.24. The molecule has 4 aromatic rings. The average Bonchev–Trinajstić information content (AvgIpc) is 2.84. The molecule has 0 aliphatic rings. The van der Waals surface area contributed by atoms with Crippen molar-refractivity contribution >= 4 is 0 Å². The van der Waals surface area contributed by atoms with Gasteiger partial charge in [0.1, 0.15) is 5.75 Å². The molecule has 176 valence electrons. The van der Waals surface area contributed by atoms with Crippen molar-refractivity contribution in [1.29, 1.82) is 0 Å². The molecule has 0 amide bonds. The highest BCUT2D eigenvalue weighted by molar-refractivity contribution is 5.74. The van der Waals surface area contributed by atoms with Crippen LogP contribution in [-0.2, 0) is 0 Å². The SMILES string of the molecule is CCCCOc1ccc(-c2cc(-c3ccccc3)[o+]c(-c3ccccc3)c2)cc1.[O-][Cl+3]([O-])([O-])[O-]. The fourth-order valence-corrected chi connectivity index (χ4v) is 3.24. The normalized spacial score (nSPS) is 10.9. The summed E-state index contributed by atoms with van der Waals surface area (Å²) < 4.78 is 46.1. The zero-order valence-electron chi connectivity index (χ0n) is 18.7. The second kappa shape index (κ2) is 12.3. The molecule has 34 heavy (non-hydrogen) atoms. The fraction of sp³-hybridized carbons (Fsp3) is 0.148. The lowest BCUT2D eigenvalue weighted by atomic mass is 10.0. The Morgan fingerprint density at radius 2 is 1.12 bits per heavy atom. The van der Waals surface area contributed by atoms with Gasteiger partial charge in [-0.15, -0.1) is 10.2 Å². The molecule has 0 saturated heterocycles. The smallest absolute Gasteiger partial charge is 0.361 e. The zero-order valence-corrected chi connectivity index (χ0v) is 19.4. The first-order valence-corrected chi connectivity index (χ1v) is 12.0. The summed E-state index contributed by atoms with van der Waals surface area (Å²) in [6.45, 7) is 2.93. The van der Waals surface area contributed by atoms with Gasteiger partial charge in [0.15, 0.2) is 0 Å². The third-order valence-electron chi connectivity index (χ3n) is 4.86. The minimum atomic E-state index is -4.94. The second-order valence-corrected chi connectivity index (χ2v) is 8.17. The highest BCUT2D eigenvalue weighted by atomic mass is 35.7. The standard InChI is InChI=1S/C27H25O2.ClHO4/c1-2-3-18-28-25-16-14-21(15-17-25)24-19-26(22-10-6-4-7-11-22)29-27(20-24)23-12-8-5-9-13-23;2-1(3,4)5/h4-17,19-20H,2-3,18H2,1H3;(H,2,3,4,5)/q+1;/p-1. The maximum atomic E-state index is 8.49. The first-order valence-electron chi connectivity index (χ1n) is 10.8. The van der Waals surface area contributed by atoms with Crippen LogP contribution >= 0.6 is 0 Å². The van der Waals surface area contributed by atoms with Gasteiger partial charge in [0.05, 0.1) is 29.9 Å². The maximum absolute atomic E-state index is 8.49. The molecule has 0 N–H and O–H groups in total. The summed E-state index contributed by atoms with van der Waals surface area (Å²) in [5.74, 6) is 2.62. The minimum Gasteiger partial charge on any atom is -0.494 e. The van der Waals surface area contributed by atoms with Crippen LogP contribution in [0.3, 0.4) is 0 Å². The maximum Gasteiger partial charge on any atom is 0.361 e. The number of unbranched alkanes of at least 4 members (excludes halogenated alkanes) is 1. The third-order valence-corrected chi connectivity index (χ3v) is 4.86. The summed E-state index contributed by atoms with van der Waals surface area (Å²) in [6, 6.07) is 33.0. The highest BCUT2D eigenvalue weighted by Gasteiger charge is 2.20. The molecule has 3 aromatic carbocycles. The van der Waals surface area contributed by atoms with Gasteiger partial charge >= 0.3 is 11.5 Å². The van der Waals surface area contributed by atoms with Crippen molar-refractivity contribution in [2.24, 2.45) is 0 Å². The van der Waals surface area contributed by atoms with Gasteiger partial charge in [-0.2, -0.15) is 0 Å². The van der Waals surface area contributed by atoms with E-state index in [0.717, 1.165) is 59.0 Å². The van der Waals surface area contributed by atoms with E-state index < -0.39 is 10.2 Å². The molecular formula is C27H25ClO6. The van der Waals surface area contributed by atoms with Crippen LogP contribution in [0.25, 0.3) is 33.8 Å². The summed E-state index contributed by atoms with van der Waals surface area (Å²) in [4.78, 5) is 0. The second-order valence-electron chi connectivity index (χ2n) is 7.41. The molecule has 0 saturated carbocycles. The lowest BCUT2D eigenvalue weighted by molar-refractivity contribution is -2.00. The molecule has 0 atom stereocenters. The van der Waals surface area contributed by atoms with Crippen molar-refractivity contribution in [1.82, 2.24) is 0 Å². The largest absolute Gasteiger partial charge is 0.494 e. The molecule has 0 radical (unpaired) electrons. The van der Waals surface area contributed by atoms with Crippen molar-refractivity contribution < 1.29 is 38.0 Å². The van der Waals surface area contributed by atoms with Crippen molar-refractivity contribution in [3.05, 3.63) is 97.1 Å². The van der Waals surface area contributed by atoms with Crippen molar-refractivity contribution in [2.75, 3.05) is 6.61 Å². The van der Waals surface area contributed by atoms with Gasteiger partial charge in [0, 0.05) is 5.56 Å². The number of benzene rings is 3. The van der Waals surface area contributed by atoms with Gasteiger partial charge in [-0.05, 0) is 48.4 Å². The Balaban J connectivity index is 0.000000588. The van der Waals surface area contributed by atoms with Crippen LogP contribution in [0, 0.1) is 10.2 Å². The van der Waals surface area contributed by atoms with Gasteiger partial charge in [-0.3, -0.25) is 0 Å². The van der Waals surface area contributed by atoms with Crippen LogP contribution < -0.4 is 23.4 Å². The van der Waals surface area contributed by atoms with Gasteiger partial charge in [0.2, 0.25) is 0 Å². The average molecular weight is 481 g/mol. The summed E-state index contributed by atoms with van der Waals surface area (Å²) in [5.41, 5.74) is 4.38. The first kappa shape index (κ1) is 25.4. The Hall–Kier alpha value is -3.26. The number of halogens is 1. The number of hydrogen-bond donors (Lipinski definition) is 0. The van der Waals surface area contributed by atoms with E-state index in [1.165, 1.54) is 0 Å². The molecule has 1 aromatic heterocycles. The molecule has 7 heteroatoms. The lowest BCUT2D eigenvalue weighted by Gasteiger charge is -2.17. The van der Waals surface area contributed by atoms with Crippen LogP contribution in [0.1, 0.15) is 19.8 Å². The molecule has 0 aliphatic carbocycles. The predicted octanol–water partition coefficient (Wildman–Crippen LogP) is 2.98. The van der Waals surface area contributed by atoms with E-state index in [-0.39, 0.29) is 0 Å². The zero-order chi connectivity index (χ0) is 24.4. The lowest BCUT2D eigenvalue weighted by Crippen LogP contribution is -2.68. The molecule has 0 fully saturated rings. The molecule has 0 bridgehead atoms. The van der Waals surface area contributed by atoms with E-state index in [4.69, 9.17) is 27.8 Å². The van der Waals surface area contributed by atoms with E-state index >= 15 is 0 Å². The van der Waals surface area contributed by atoms with Gasteiger partial charge in [-0.25, -0.2) is 23.1 Å². The summed E-state index contributed by atoms with van der Waals surface area (Å²) in [5, 5.41) is 0. The summed E-state index contributed by atoms with van der Waals surface area (Å²) in [6.07, 6.45) is 2.21. The minimum absolute atomic E-state index is 0.760. The van der Waals surface area contributed by atoms with Crippen LogP contribution in [0.2, 0.25) is 0 Å². The molecule has 4 rings (SSSR count). The molecule has 6 nitrogen and oxygen atoms in total. The van der Waals surface area contributed by atoms with Crippen molar-refractivity contribution in [3.63, 3.8) is 0 Å². The van der Waals surface area contributed by atoms with E-state index in [9.17, 15) is 0 Å². The number of hydrogen-bond acceptors (Lipinski definition) is 5. The Kier molecular flexibility index (Phi) is 9.16. The highest BCUT2D eigenvalue weighted by Crippen LogP contribution is 2.33. The van der Waals surface area contributed by atoms with Crippen molar-refractivity contribution in [2.45, 2.75) is 19.8 Å². The van der Waals surface area contributed by atoms with Crippen LogP contribution in [0.5, 0.6) is 5.75 Å². The number of rotatable bonds is 7. The monoisotopic (exact) mass is 480 g/mol. The molecule has 1 heterocycles. The van der Waals surface area contributed by atoms with Crippen molar-refractivity contribution in [3.8, 4) is 39.5 Å². The molecule has 0 aliphatic heterocycles. The topological polar surface area (TPSA) is 113 Å². The third kappa shape index (κ3) is 8.26. The Morgan fingerprint density at radius 3 is 1.56 bits per heavy atom. The first-order chi connectivity index (χ1) is 16.3. The quantitative estimate of drug-likeness (QED) is 0.297. The van der Waals surface area contributed by atoms with E-state index in [2.05, 4.69) is 55.5 Å². The predicted molar refractivity (Wildman–Crippen MR) is 120 cm³/mol. The van der Waals surface area contributed by atoms with E-state index in [0.29, 0.717) is 0 Å². The molecule has 0 unspecified atom stereocenters. The number of ether oxygens (including phenoxy) is 1. The Morgan fingerprint density at radius 1 is 0.647 bits per heavy atom. The van der Waals surface area contributed by atoms with Crippen LogP contribution in [0.4, 0.5) is 0 Å². The van der Waals surface area contributed by atoms with Crippen LogP contribution in [-0.4, -0.2) is 6.61 Å². The Labute approximate surface area is 201 Å². The Bertz CT molecular complexity index is 1080.